The lowest BCUT2D eigenvalue weighted by molar-refractivity contribution is 0.103. The predicted octanol–water partition coefficient (Wildman–Crippen LogP) is 5.33. The lowest BCUT2D eigenvalue weighted by Gasteiger charge is -2.28. The van der Waals surface area contributed by atoms with Crippen molar-refractivity contribution in [2.75, 3.05) is 0 Å². The van der Waals surface area contributed by atoms with E-state index in [1.165, 1.54) is 0 Å². The first kappa shape index (κ1) is 19.6. The van der Waals surface area contributed by atoms with E-state index in [9.17, 15) is 9.90 Å². The largest absolute Gasteiger partial charge is 0.507 e. The molecule has 0 aliphatic carbocycles. The molecule has 25 heavy (non-hydrogen) atoms. The molecule has 0 atom stereocenters. The molecule has 0 bridgehead atoms. The Bertz CT molecular complexity index is 769. The number of ketones is 1. The zero-order valence-electron chi connectivity index (χ0n) is 16.3. The summed E-state index contributed by atoms with van der Waals surface area (Å²) in [6.07, 6.45) is 1.84. The Morgan fingerprint density at radius 3 is 1.84 bits per heavy atom. The Kier molecular flexibility index (Phi) is 5.16. The minimum atomic E-state index is -0.259. The summed E-state index contributed by atoms with van der Waals surface area (Å²) in [4.78, 5) is 13.1. The van der Waals surface area contributed by atoms with Crippen LogP contribution in [0.15, 0.2) is 29.4 Å². The lowest BCUT2D eigenvalue weighted by atomic mass is 9.78. The maximum atomic E-state index is 13.1. The Hall–Kier alpha value is -1.68. The third-order valence-electron chi connectivity index (χ3n) is 4.46. The van der Waals surface area contributed by atoms with Crippen molar-refractivity contribution < 1.29 is 9.90 Å². The van der Waals surface area contributed by atoms with E-state index >= 15 is 0 Å². The van der Waals surface area contributed by atoms with Gasteiger partial charge in [-0.05, 0) is 36.0 Å². The molecule has 0 amide bonds. The number of phenols is 1. The van der Waals surface area contributed by atoms with Gasteiger partial charge >= 0.3 is 0 Å². The zero-order valence-corrected chi connectivity index (χ0v) is 17.2. The van der Waals surface area contributed by atoms with Crippen LogP contribution in [0, 0.1) is 0 Å². The van der Waals surface area contributed by atoms with Gasteiger partial charge in [0.05, 0.1) is 5.03 Å². The average Bonchev–Trinajstić information content (AvgIpc) is 2.85. The number of nitrogens with zero attached hydrogens (tertiary/aromatic N) is 1. The molecule has 1 N–H and O–H groups in total. The van der Waals surface area contributed by atoms with E-state index in [1.54, 1.807) is 6.07 Å². The molecule has 2 aromatic rings. The summed E-state index contributed by atoms with van der Waals surface area (Å²) in [5.41, 5.74) is 2.30. The third kappa shape index (κ3) is 3.95. The molecule has 0 fully saturated rings. The maximum Gasteiger partial charge on any atom is 0.194 e. The molecule has 0 aliphatic rings. The number of carbonyl (C=O) groups is 1. The van der Waals surface area contributed by atoms with Crippen molar-refractivity contribution in [1.29, 1.82) is 0 Å². The number of hydrogen-bond donors (Lipinski definition) is 2. The standard InChI is InChI=1S/C21H29NO2S/c1-8-22-12-14(11-17(22)25)18(23)13-9-15(20(2,3)4)19(24)16(10-13)21(5,6)7/h9-12,24-25H,8H2,1-7H3. The molecule has 0 unspecified atom stereocenters. The van der Waals surface area contributed by atoms with Gasteiger partial charge in [0.2, 0.25) is 0 Å². The van der Waals surface area contributed by atoms with E-state index in [0.29, 0.717) is 11.1 Å². The Morgan fingerprint density at radius 1 is 1.00 bits per heavy atom. The number of aromatic hydroxyl groups is 1. The molecule has 2 rings (SSSR count). The van der Waals surface area contributed by atoms with Crippen molar-refractivity contribution in [1.82, 2.24) is 4.57 Å². The summed E-state index contributed by atoms with van der Waals surface area (Å²) >= 11 is 4.43. The highest BCUT2D eigenvalue weighted by molar-refractivity contribution is 7.80. The second-order valence-corrected chi connectivity index (χ2v) is 9.08. The van der Waals surface area contributed by atoms with Crippen molar-refractivity contribution in [3.8, 4) is 5.75 Å². The Morgan fingerprint density at radius 2 is 1.48 bits per heavy atom. The van der Waals surface area contributed by atoms with Gasteiger partial charge in [-0.2, -0.15) is 0 Å². The molecule has 0 spiro atoms. The third-order valence-corrected chi connectivity index (χ3v) is 4.85. The van der Waals surface area contributed by atoms with Crippen LogP contribution >= 0.6 is 12.6 Å². The number of aryl methyl sites for hydroxylation is 1. The summed E-state index contributed by atoms with van der Waals surface area (Å²) in [5, 5.41) is 11.6. The fourth-order valence-electron chi connectivity index (χ4n) is 2.95. The smallest absolute Gasteiger partial charge is 0.194 e. The molecule has 0 saturated heterocycles. The summed E-state index contributed by atoms with van der Waals surface area (Å²) in [6.45, 7) is 15.0. The van der Waals surface area contributed by atoms with Gasteiger partial charge in [-0.25, -0.2) is 0 Å². The average molecular weight is 360 g/mol. The Labute approximate surface area is 156 Å². The molecule has 1 aromatic carbocycles. The second-order valence-electron chi connectivity index (χ2n) is 8.62. The Balaban J connectivity index is 2.66. The fourth-order valence-corrected chi connectivity index (χ4v) is 3.28. The minimum Gasteiger partial charge on any atom is -0.507 e. The number of rotatable bonds is 3. The second kappa shape index (κ2) is 6.56. The van der Waals surface area contributed by atoms with Gasteiger partial charge in [0.1, 0.15) is 5.75 Å². The normalized spacial score (nSPS) is 12.5. The van der Waals surface area contributed by atoms with Gasteiger partial charge in [-0.1, -0.05) is 41.5 Å². The van der Waals surface area contributed by atoms with Gasteiger partial charge in [-0.3, -0.25) is 4.79 Å². The lowest BCUT2D eigenvalue weighted by Crippen LogP contribution is -2.19. The first-order valence-electron chi connectivity index (χ1n) is 8.68. The number of carbonyl (C=O) groups excluding carboxylic acids is 1. The van der Waals surface area contributed by atoms with Crippen LogP contribution in [0.2, 0.25) is 0 Å². The van der Waals surface area contributed by atoms with Crippen molar-refractivity contribution in [3.63, 3.8) is 0 Å². The molecular formula is C21H29NO2S. The van der Waals surface area contributed by atoms with E-state index < -0.39 is 0 Å². The van der Waals surface area contributed by atoms with Crippen molar-refractivity contribution in [2.24, 2.45) is 0 Å². The van der Waals surface area contributed by atoms with Crippen LogP contribution < -0.4 is 0 Å². The minimum absolute atomic E-state index is 0.0431. The molecule has 0 saturated carbocycles. The van der Waals surface area contributed by atoms with Crippen LogP contribution in [0.5, 0.6) is 5.75 Å². The van der Waals surface area contributed by atoms with Crippen LogP contribution in [0.3, 0.4) is 0 Å². The van der Waals surface area contributed by atoms with Crippen molar-refractivity contribution in [2.45, 2.75) is 70.9 Å². The summed E-state index contributed by atoms with van der Waals surface area (Å²) in [5.74, 6) is 0.246. The molecule has 1 aromatic heterocycles. The van der Waals surface area contributed by atoms with Crippen LogP contribution in [0.1, 0.15) is 75.5 Å². The predicted molar refractivity (Wildman–Crippen MR) is 106 cm³/mol. The summed E-state index contributed by atoms with van der Waals surface area (Å²) in [7, 11) is 0. The number of aromatic nitrogens is 1. The molecule has 0 aliphatic heterocycles. The van der Waals surface area contributed by atoms with Crippen molar-refractivity contribution >= 4 is 18.4 Å². The molecule has 1 heterocycles. The van der Waals surface area contributed by atoms with Gasteiger partial charge in [0.15, 0.2) is 5.78 Å². The van der Waals surface area contributed by atoms with Crippen LogP contribution in [0.4, 0.5) is 0 Å². The molecule has 0 radical (unpaired) electrons. The molecule has 136 valence electrons. The number of phenolic OH excluding ortho intramolecular Hbond substituents is 1. The van der Waals surface area contributed by atoms with E-state index in [2.05, 4.69) is 12.6 Å². The first-order chi connectivity index (χ1) is 11.4. The highest BCUT2D eigenvalue weighted by Crippen LogP contribution is 2.40. The quantitative estimate of drug-likeness (QED) is 0.575. The molecule has 3 nitrogen and oxygen atoms in total. The van der Waals surface area contributed by atoms with Gasteiger partial charge in [0, 0.05) is 35.0 Å². The number of hydrogen-bond acceptors (Lipinski definition) is 3. The first-order valence-corrected chi connectivity index (χ1v) is 9.12. The van der Waals surface area contributed by atoms with Gasteiger partial charge in [0.25, 0.3) is 0 Å². The van der Waals surface area contributed by atoms with Crippen LogP contribution in [-0.2, 0) is 17.4 Å². The number of thiol groups is 1. The molecular weight excluding hydrogens is 330 g/mol. The monoisotopic (exact) mass is 359 g/mol. The van der Waals surface area contributed by atoms with Crippen LogP contribution in [-0.4, -0.2) is 15.5 Å². The van der Waals surface area contributed by atoms with E-state index in [4.69, 9.17) is 0 Å². The summed E-state index contributed by atoms with van der Waals surface area (Å²) < 4.78 is 1.94. The van der Waals surface area contributed by atoms with E-state index in [1.807, 2.05) is 71.4 Å². The van der Waals surface area contributed by atoms with E-state index in [-0.39, 0.29) is 22.4 Å². The summed E-state index contributed by atoms with van der Waals surface area (Å²) in [6, 6.07) is 5.46. The maximum absolute atomic E-state index is 13.1. The highest BCUT2D eigenvalue weighted by atomic mass is 32.1. The number of benzene rings is 1. The topological polar surface area (TPSA) is 42.2 Å². The fraction of sp³-hybridized carbons (Fsp3) is 0.476. The zero-order chi connectivity index (χ0) is 19.2. The van der Waals surface area contributed by atoms with Gasteiger partial charge < -0.3 is 9.67 Å². The van der Waals surface area contributed by atoms with E-state index in [0.717, 1.165) is 22.7 Å². The SMILES string of the molecule is CCn1cc(C(=O)c2cc(C(C)(C)C)c(O)c(C(C)(C)C)c2)cc1S. The molecule has 4 heteroatoms. The van der Waals surface area contributed by atoms with Gasteiger partial charge in [-0.15, -0.1) is 12.6 Å². The van der Waals surface area contributed by atoms with Crippen molar-refractivity contribution in [3.05, 3.63) is 46.6 Å². The highest BCUT2D eigenvalue weighted by Gasteiger charge is 2.28. The van der Waals surface area contributed by atoms with Crippen LogP contribution in [0.25, 0.3) is 0 Å².